The molecule has 0 spiro atoms. The molecule has 0 fully saturated rings. The summed E-state index contributed by atoms with van der Waals surface area (Å²) in [4.78, 5) is 37.6. The van der Waals surface area contributed by atoms with Crippen molar-refractivity contribution in [1.29, 1.82) is 0 Å². The molecule has 1 aliphatic heterocycles. The number of hydrogen-bond acceptors (Lipinski definition) is 9. The Morgan fingerprint density at radius 1 is 1.15 bits per heavy atom. The van der Waals surface area contributed by atoms with Crippen molar-refractivity contribution in [2.75, 3.05) is 13.4 Å². The van der Waals surface area contributed by atoms with Crippen LogP contribution in [0.15, 0.2) is 17.7 Å². The molecule has 0 amide bonds. The monoisotopic (exact) mass is 503 g/mol. The van der Waals surface area contributed by atoms with E-state index in [-0.39, 0.29) is 24.0 Å². The van der Waals surface area contributed by atoms with Crippen molar-refractivity contribution in [2.45, 2.75) is 38.4 Å². The third-order valence-electron chi connectivity index (χ3n) is 4.00. The highest BCUT2D eigenvalue weighted by Crippen LogP contribution is 2.41. The van der Waals surface area contributed by atoms with Crippen molar-refractivity contribution in [3.05, 3.63) is 38.9 Å². The fraction of sp³-hybridized carbons (Fsp3) is 0.444. The van der Waals surface area contributed by atoms with Gasteiger partial charge in [-0.2, -0.15) is 13.2 Å². The van der Waals surface area contributed by atoms with Gasteiger partial charge in [-0.15, -0.1) is 23.3 Å². The molecule has 0 bridgehead atoms. The Labute approximate surface area is 186 Å². The van der Waals surface area contributed by atoms with Crippen molar-refractivity contribution in [2.24, 2.45) is 0 Å². The molecule has 1 aromatic rings. The topological polar surface area (TPSA) is 123 Å². The van der Waals surface area contributed by atoms with Gasteiger partial charge in [-0.25, -0.2) is 4.79 Å². The number of carbonyl (C=O) groups is 2. The summed E-state index contributed by atoms with van der Waals surface area (Å²) in [5, 5.41) is 8.89. The van der Waals surface area contributed by atoms with E-state index in [2.05, 4.69) is 19.0 Å². The first-order valence-electron chi connectivity index (χ1n) is 9.13. The SMILES string of the molecule is Cc1cc(OC(F)(F)F)cc2c1OC(C(F)(F)F)C(C(=O)OCOC(=O)CCCO[N+](=O)[O-])=C2. The van der Waals surface area contributed by atoms with E-state index in [0.717, 1.165) is 12.1 Å². The number of fused-ring (bicyclic) bond motifs is 1. The molecule has 0 aliphatic carbocycles. The second kappa shape index (κ2) is 10.5. The third kappa shape index (κ3) is 7.70. The Morgan fingerprint density at radius 3 is 2.41 bits per heavy atom. The Kier molecular flexibility index (Phi) is 8.17. The molecule has 0 N–H and O–H groups in total. The lowest BCUT2D eigenvalue weighted by molar-refractivity contribution is -0.757. The molecule has 0 saturated heterocycles. The molecule has 1 unspecified atom stereocenters. The Balaban J connectivity index is 2.13. The Hall–Kier alpha value is -3.72. The summed E-state index contributed by atoms with van der Waals surface area (Å²) in [5.74, 6) is -3.78. The average molecular weight is 503 g/mol. The predicted molar refractivity (Wildman–Crippen MR) is 95.5 cm³/mol. The third-order valence-corrected chi connectivity index (χ3v) is 4.00. The molecule has 1 aliphatic rings. The van der Waals surface area contributed by atoms with Gasteiger partial charge in [0, 0.05) is 12.0 Å². The maximum absolute atomic E-state index is 13.5. The molecule has 1 atom stereocenters. The first-order chi connectivity index (χ1) is 15.7. The van der Waals surface area contributed by atoms with Crippen molar-refractivity contribution >= 4 is 18.0 Å². The first kappa shape index (κ1) is 26.5. The van der Waals surface area contributed by atoms with Gasteiger partial charge >= 0.3 is 24.5 Å². The van der Waals surface area contributed by atoms with Crippen molar-refractivity contribution in [3.63, 3.8) is 0 Å². The van der Waals surface area contributed by atoms with E-state index < -0.39 is 66.1 Å². The average Bonchev–Trinajstić information content (AvgIpc) is 2.68. The van der Waals surface area contributed by atoms with Gasteiger partial charge < -0.3 is 23.8 Å². The second-order valence-electron chi connectivity index (χ2n) is 6.57. The molecule has 188 valence electrons. The first-order valence-corrected chi connectivity index (χ1v) is 9.13. The zero-order chi connectivity index (χ0) is 25.7. The van der Waals surface area contributed by atoms with Crippen LogP contribution >= 0.6 is 0 Å². The predicted octanol–water partition coefficient (Wildman–Crippen LogP) is 3.63. The lowest BCUT2D eigenvalue weighted by Crippen LogP contribution is -2.41. The number of aryl methyl sites for hydroxylation is 1. The lowest BCUT2D eigenvalue weighted by atomic mass is 9.99. The number of nitrogens with zero attached hydrogens (tertiary/aromatic N) is 1. The van der Waals surface area contributed by atoms with Crippen LogP contribution < -0.4 is 9.47 Å². The number of esters is 2. The molecule has 0 saturated carbocycles. The number of carbonyl (C=O) groups excluding carboxylic acids is 2. The standard InChI is InChI=1S/C18H15F6NO9/c1-9-5-11(34-18(22,23)24)6-10-7-12(15(17(19,20)21)33-14(9)10)16(27)31-8-30-13(26)3-2-4-32-25(28)29/h5-7,15H,2-4,8H2,1H3. The minimum atomic E-state index is -5.11. The largest absolute Gasteiger partial charge is 0.573 e. The maximum Gasteiger partial charge on any atom is 0.573 e. The van der Waals surface area contributed by atoms with Crippen molar-refractivity contribution in [3.8, 4) is 11.5 Å². The molecule has 0 radical (unpaired) electrons. The molecule has 1 aromatic carbocycles. The van der Waals surface area contributed by atoms with Crippen LogP contribution in [-0.4, -0.2) is 49.1 Å². The van der Waals surface area contributed by atoms with E-state index in [4.69, 9.17) is 4.74 Å². The lowest BCUT2D eigenvalue weighted by Gasteiger charge is -2.29. The van der Waals surface area contributed by atoms with Gasteiger partial charge in [0.05, 0.1) is 12.2 Å². The van der Waals surface area contributed by atoms with Crippen LogP contribution in [0.2, 0.25) is 0 Å². The highest BCUT2D eigenvalue weighted by atomic mass is 19.4. The fourth-order valence-corrected chi connectivity index (χ4v) is 2.72. The van der Waals surface area contributed by atoms with E-state index in [9.17, 15) is 46.0 Å². The van der Waals surface area contributed by atoms with E-state index in [1.165, 1.54) is 6.92 Å². The van der Waals surface area contributed by atoms with Crippen LogP contribution in [0.25, 0.3) is 6.08 Å². The Bertz CT molecular complexity index is 974. The molecule has 34 heavy (non-hydrogen) atoms. The Morgan fingerprint density at radius 2 is 1.82 bits per heavy atom. The van der Waals surface area contributed by atoms with E-state index >= 15 is 0 Å². The summed E-state index contributed by atoms with van der Waals surface area (Å²) in [5.41, 5.74) is -1.54. The summed E-state index contributed by atoms with van der Waals surface area (Å²) in [7, 11) is 0. The van der Waals surface area contributed by atoms with Crippen molar-refractivity contribution in [1.82, 2.24) is 0 Å². The zero-order valence-corrected chi connectivity index (χ0v) is 17.0. The number of alkyl halides is 6. The number of ether oxygens (including phenoxy) is 4. The van der Waals surface area contributed by atoms with Crippen LogP contribution in [0.5, 0.6) is 11.5 Å². The number of rotatable bonds is 9. The number of halogens is 6. The summed E-state index contributed by atoms with van der Waals surface area (Å²) in [6.45, 7) is -0.333. The van der Waals surface area contributed by atoms with E-state index in [1.807, 2.05) is 0 Å². The van der Waals surface area contributed by atoms with E-state index in [0.29, 0.717) is 6.08 Å². The van der Waals surface area contributed by atoms with E-state index in [1.54, 1.807) is 0 Å². The molecular formula is C18H15F6NO9. The normalized spacial score (nSPS) is 15.4. The summed E-state index contributed by atoms with van der Waals surface area (Å²) < 4.78 is 95.5. The summed E-state index contributed by atoms with van der Waals surface area (Å²) in [6.07, 6.45) is -12.9. The highest BCUT2D eigenvalue weighted by Gasteiger charge is 2.49. The molecule has 16 heteroatoms. The summed E-state index contributed by atoms with van der Waals surface area (Å²) in [6, 6.07) is 1.54. The van der Waals surface area contributed by atoms with Gasteiger partial charge in [-0.05, 0) is 37.1 Å². The van der Waals surface area contributed by atoms with Gasteiger partial charge in [0.25, 0.3) is 5.09 Å². The maximum atomic E-state index is 13.5. The van der Waals surface area contributed by atoms with Crippen LogP contribution in [0.1, 0.15) is 24.0 Å². The molecule has 0 aromatic heterocycles. The van der Waals surface area contributed by atoms with Crippen molar-refractivity contribution < 1.29 is 64.8 Å². The quantitative estimate of drug-likeness (QED) is 0.124. The zero-order valence-electron chi connectivity index (χ0n) is 17.0. The van der Waals surface area contributed by atoms with Gasteiger partial charge in [-0.1, -0.05) is 0 Å². The number of hydrogen-bond donors (Lipinski definition) is 0. The second-order valence-corrected chi connectivity index (χ2v) is 6.57. The van der Waals surface area contributed by atoms with Gasteiger partial charge in [0.1, 0.15) is 11.5 Å². The molecule has 1 heterocycles. The summed E-state index contributed by atoms with van der Waals surface area (Å²) >= 11 is 0. The van der Waals surface area contributed by atoms with Crippen LogP contribution in [0, 0.1) is 17.0 Å². The smallest absolute Gasteiger partial charge is 0.475 e. The molecular weight excluding hydrogens is 488 g/mol. The minimum absolute atomic E-state index is 0.121. The fourth-order valence-electron chi connectivity index (χ4n) is 2.72. The number of benzene rings is 1. The minimum Gasteiger partial charge on any atom is -0.475 e. The highest BCUT2D eigenvalue weighted by molar-refractivity contribution is 5.96. The van der Waals surface area contributed by atoms with Crippen LogP contribution in [-0.2, 0) is 23.9 Å². The molecule has 2 rings (SSSR count). The van der Waals surface area contributed by atoms with Gasteiger partial charge in [0.15, 0.2) is 0 Å². The van der Waals surface area contributed by atoms with Gasteiger partial charge in [0.2, 0.25) is 12.9 Å². The van der Waals surface area contributed by atoms with Crippen LogP contribution in [0.3, 0.4) is 0 Å². The molecule has 10 nitrogen and oxygen atoms in total. The van der Waals surface area contributed by atoms with Crippen LogP contribution in [0.4, 0.5) is 26.3 Å². The van der Waals surface area contributed by atoms with Gasteiger partial charge in [-0.3, -0.25) is 4.79 Å².